The van der Waals surface area contributed by atoms with Gasteiger partial charge in [-0.3, -0.25) is 19.6 Å². The van der Waals surface area contributed by atoms with Crippen LogP contribution < -0.4 is 12.3 Å². The van der Waals surface area contributed by atoms with Crippen LogP contribution in [0, 0.1) is 0 Å². The second-order valence-corrected chi connectivity index (χ2v) is 3.74. The molecule has 0 amide bonds. The zero-order valence-corrected chi connectivity index (χ0v) is 8.43. The van der Waals surface area contributed by atoms with Crippen LogP contribution in [0.15, 0.2) is 0 Å². The van der Waals surface area contributed by atoms with Crippen LogP contribution in [0.25, 0.3) is 0 Å². The molecule has 0 aliphatic heterocycles. The van der Waals surface area contributed by atoms with E-state index >= 15 is 0 Å². The first-order valence-corrected chi connectivity index (χ1v) is 5.20. The van der Waals surface area contributed by atoms with Gasteiger partial charge in [-0.05, 0) is 0 Å². The fourth-order valence-corrected chi connectivity index (χ4v) is 0.733. The standard InChI is InChI=1S/CH4O9P2.2Li.2H3N.2H/c2-1(9-11(3,4)5)10-12(6,7)8;;;;;;/h(H2,3,4,5)(H2,6,7,8);;;2*1H3;;. The summed E-state index contributed by atoms with van der Waals surface area (Å²) in [7, 11) is -10.3. The quantitative estimate of drug-likeness (QED) is 0.246. The van der Waals surface area contributed by atoms with Crippen LogP contribution in [0.2, 0.25) is 0 Å². The third kappa shape index (κ3) is 24.1. The van der Waals surface area contributed by atoms with Crippen molar-refractivity contribution in [3.63, 3.8) is 0 Å². The normalized spacial score (nSPS) is 9.25. The van der Waals surface area contributed by atoms with Crippen LogP contribution in [-0.2, 0) is 18.2 Å². The molecule has 0 rings (SSSR count). The summed E-state index contributed by atoms with van der Waals surface area (Å²) in [6, 6.07) is 0. The molecule has 16 heavy (non-hydrogen) atoms. The molecule has 0 aromatic heterocycles. The zero-order chi connectivity index (χ0) is 9.99. The summed E-state index contributed by atoms with van der Waals surface area (Å²) >= 11 is 0. The summed E-state index contributed by atoms with van der Waals surface area (Å²) in [5, 5.41) is 0. The SMILES string of the molecule is N.N.O=C(OP(=O)(O)O)OP(=O)(O)O.[LiH].[LiH]. The van der Waals surface area contributed by atoms with Gasteiger partial charge in [-0.1, -0.05) is 0 Å². The maximum absolute atomic E-state index is 10.0. The number of hydrogen-bond donors (Lipinski definition) is 6. The van der Waals surface area contributed by atoms with Gasteiger partial charge in [-0.15, -0.1) is 0 Å². The molecule has 11 nitrogen and oxygen atoms in total. The van der Waals surface area contributed by atoms with Crippen molar-refractivity contribution >= 4 is 59.5 Å². The van der Waals surface area contributed by atoms with E-state index in [4.69, 9.17) is 19.6 Å². The zero-order valence-electron chi connectivity index (χ0n) is 6.64. The summed E-state index contributed by atoms with van der Waals surface area (Å²) in [5.41, 5.74) is 0. The van der Waals surface area contributed by atoms with Crippen molar-refractivity contribution in [2.45, 2.75) is 0 Å². The van der Waals surface area contributed by atoms with Gasteiger partial charge in [0.15, 0.2) is 0 Å². The van der Waals surface area contributed by atoms with Gasteiger partial charge in [-0.2, -0.15) is 0 Å². The van der Waals surface area contributed by atoms with E-state index in [1.54, 1.807) is 0 Å². The second kappa shape index (κ2) is 10.8. The van der Waals surface area contributed by atoms with E-state index in [2.05, 4.69) is 9.05 Å². The van der Waals surface area contributed by atoms with Crippen molar-refractivity contribution in [2.24, 2.45) is 0 Å². The van der Waals surface area contributed by atoms with Gasteiger partial charge in [0.1, 0.15) is 0 Å². The molecule has 0 unspecified atom stereocenters. The number of carbonyl (C=O) groups is 1. The third-order valence-electron chi connectivity index (χ3n) is 0.387. The number of phosphoric ester groups is 2. The molecule has 0 spiro atoms. The molecule has 0 heterocycles. The first-order chi connectivity index (χ1) is 5.10. The molecule has 0 atom stereocenters. The molecule has 0 bridgehead atoms. The molecule has 0 aromatic carbocycles. The van der Waals surface area contributed by atoms with Gasteiger partial charge in [0, 0.05) is 0 Å². The summed E-state index contributed by atoms with van der Waals surface area (Å²) in [6.07, 6.45) is -2.14. The molecule has 15 heteroatoms. The van der Waals surface area contributed by atoms with E-state index < -0.39 is 21.8 Å². The minimum atomic E-state index is -5.13. The average molecular weight is 272 g/mol. The fraction of sp³-hybridized carbons (Fsp3) is 0. The average Bonchev–Trinajstić information content (AvgIpc) is 1.49. The van der Waals surface area contributed by atoms with Crippen LogP contribution in [0.5, 0.6) is 0 Å². The number of carbonyl (C=O) groups excluding carboxylic acids is 1. The summed E-state index contributed by atoms with van der Waals surface area (Å²) in [5.74, 6) is 0. The number of phosphoric acid groups is 2. The maximum atomic E-state index is 10.0. The molecule has 0 fully saturated rings. The first-order valence-electron chi connectivity index (χ1n) is 2.14. The van der Waals surface area contributed by atoms with Gasteiger partial charge in [0.2, 0.25) is 0 Å². The topological polar surface area (TPSA) is 221 Å². The molecular weight excluding hydrogens is 260 g/mol. The van der Waals surface area contributed by atoms with E-state index in [0.717, 1.165) is 0 Å². The Morgan fingerprint density at radius 2 is 1.00 bits per heavy atom. The number of hydrogen-bond acceptors (Lipinski definition) is 7. The number of rotatable bonds is 2. The van der Waals surface area contributed by atoms with Crippen LogP contribution in [0.3, 0.4) is 0 Å². The Balaban J connectivity index is -0.000000101. The first kappa shape index (κ1) is 30.1. The van der Waals surface area contributed by atoms with Crippen LogP contribution >= 0.6 is 15.6 Å². The van der Waals surface area contributed by atoms with Crippen molar-refractivity contribution in [1.29, 1.82) is 0 Å². The Labute approximate surface area is 114 Å². The monoisotopic (exact) mass is 272 g/mol. The van der Waals surface area contributed by atoms with Crippen molar-refractivity contribution in [3.05, 3.63) is 0 Å². The van der Waals surface area contributed by atoms with Gasteiger partial charge in [-0.25, -0.2) is 13.9 Å². The molecule has 0 aliphatic carbocycles. The van der Waals surface area contributed by atoms with Gasteiger partial charge in [0.25, 0.3) is 0 Å². The summed E-state index contributed by atoms with van der Waals surface area (Å²) in [6.45, 7) is 0. The van der Waals surface area contributed by atoms with Crippen molar-refractivity contribution in [2.75, 3.05) is 0 Å². The molecular formula is CH12Li2N2O9P2. The van der Waals surface area contributed by atoms with E-state index in [-0.39, 0.29) is 50.0 Å². The van der Waals surface area contributed by atoms with E-state index in [1.807, 2.05) is 0 Å². The summed E-state index contributed by atoms with van der Waals surface area (Å²) in [4.78, 5) is 41.7. The molecule has 10 N–H and O–H groups in total. The van der Waals surface area contributed by atoms with Gasteiger partial charge in [0.05, 0.1) is 0 Å². The summed E-state index contributed by atoms with van der Waals surface area (Å²) < 4.78 is 25.9. The Kier molecular flexibility index (Phi) is 20.3. The molecule has 0 saturated heterocycles. The van der Waals surface area contributed by atoms with Crippen LogP contribution in [0.4, 0.5) is 4.79 Å². The predicted octanol–water partition coefficient (Wildman–Crippen LogP) is -1.65. The van der Waals surface area contributed by atoms with Crippen LogP contribution in [-0.4, -0.2) is 63.5 Å². The molecule has 0 aromatic rings. The minimum absolute atomic E-state index is 0. The molecule has 0 aliphatic rings. The van der Waals surface area contributed by atoms with Crippen molar-refractivity contribution in [3.8, 4) is 0 Å². The Morgan fingerprint density at radius 1 is 0.812 bits per heavy atom. The van der Waals surface area contributed by atoms with E-state index in [0.29, 0.717) is 0 Å². The molecule has 0 radical (unpaired) electrons. The van der Waals surface area contributed by atoms with Crippen molar-refractivity contribution in [1.82, 2.24) is 12.3 Å². The van der Waals surface area contributed by atoms with Crippen molar-refractivity contribution < 1.29 is 42.5 Å². The second-order valence-electron chi connectivity index (χ2n) is 1.41. The van der Waals surface area contributed by atoms with Gasteiger partial charge < -0.3 is 21.3 Å². The van der Waals surface area contributed by atoms with E-state index in [1.165, 1.54) is 0 Å². The Bertz CT molecular complexity index is 245. The third-order valence-corrected chi connectivity index (χ3v) is 1.16. The fourth-order valence-electron chi connectivity index (χ4n) is 0.211. The predicted molar refractivity (Wildman–Crippen MR) is 56.0 cm³/mol. The van der Waals surface area contributed by atoms with E-state index in [9.17, 15) is 13.9 Å². The molecule has 0 saturated carbocycles. The van der Waals surface area contributed by atoms with Crippen LogP contribution in [0.1, 0.15) is 0 Å². The Morgan fingerprint density at radius 3 is 1.12 bits per heavy atom. The molecule has 92 valence electrons. The van der Waals surface area contributed by atoms with Gasteiger partial charge >= 0.3 is 59.5 Å². The Hall–Kier alpha value is 0.685.